The standard InChI is InChI=1S/C26H34FN3O3/c1-5-20-8-6-7-13-30(20)23-12-9-17(15-21(23)28)25(32)29-22-11-10-19(27)14-18(22)16-24(31)33-26(2,3)4/h9-12,14-15,20H,5-8,13,16,28H2,1-4H3,(H,29,32). The number of carbonyl (C=O) groups is 2. The summed E-state index contributed by atoms with van der Waals surface area (Å²) in [5, 5.41) is 2.79. The number of hydrogen-bond donors (Lipinski definition) is 2. The number of benzene rings is 2. The van der Waals surface area contributed by atoms with Crippen LogP contribution in [0.2, 0.25) is 0 Å². The lowest BCUT2D eigenvalue weighted by atomic mass is 9.98. The summed E-state index contributed by atoms with van der Waals surface area (Å²) in [7, 11) is 0. The number of esters is 1. The van der Waals surface area contributed by atoms with E-state index in [1.165, 1.54) is 24.6 Å². The number of rotatable bonds is 6. The highest BCUT2D eigenvalue weighted by Gasteiger charge is 2.23. The van der Waals surface area contributed by atoms with Crippen molar-refractivity contribution in [3.63, 3.8) is 0 Å². The Balaban J connectivity index is 1.77. The molecule has 0 aliphatic carbocycles. The first-order chi connectivity index (χ1) is 15.6. The van der Waals surface area contributed by atoms with Gasteiger partial charge in [-0.05, 0) is 88.4 Å². The predicted octanol–water partition coefficient (Wildman–Crippen LogP) is 5.31. The van der Waals surface area contributed by atoms with Gasteiger partial charge in [0.1, 0.15) is 11.4 Å². The SMILES string of the molecule is CCC1CCCCN1c1ccc(C(=O)Nc2ccc(F)cc2CC(=O)OC(C)(C)C)cc1N. The van der Waals surface area contributed by atoms with Crippen LogP contribution in [0.1, 0.15) is 69.3 Å². The van der Waals surface area contributed by atoms with Crippen LogP contribution in [0.15, 0.2) is 36.4 Å². The average molecular weight is 456 g/mol. The molecular weight excluding hydrogens is 421 g/mol. The molecule has 1 atom stereocenters. The molecule has 1 aliphatic heterocycles. The van der Waals surface area contributed by atoms with Crippen LogP contribution < -0.4 is 16.0 Å². The molecule has 7 heteroatoms. The minimum Gasteiger partial charge on any atom is -0.460 e. The maximum absolute atomic E-state index is 13.8. The van der Waals surface area contributed by atoms with E-state index < -0.39 is 17.4 Å². The van der Waals surface area contributed by atoms with Crippen LogP contribution in [-0.2, 0) is 16.0 Å². The van der Waals surface area contributed by atoms with Gasteiger partial charge in [-0.1, -0.05) is 6.92 Å². The minimum absolute atomic E-state index is 0.154. The van der Waals surface area contributed by atoms with Gasteiger partial charge >= 0.3 is 5.97 Å². The van der Waals surface area contributed by atoms with Gasteiger partial charge in [0.25, 0.3) is 5.91 Å². The Hall–Kier alpha value is -3.09. The van der Waals surface area contributed by atoms with Crippen LogP contribution in [0.3, 0.4) is 0 Å². The fourth-order valence-electron chi connectivity index (χ4n) is 4.26. The summed E-state index contributed by atoms with van der Waals surface area (Å²) < 4.78 is 19.2. The molecule has 0 radical (unpaired) electrons. The Bertz CT molecular complexity index is 1020. The molecule has 33 heavy (non-hydrogen) atoms. The van der Waals surface area contributed by atoms with Gasteiger partial charge in [-0.15, -0.1) is 0 Å². The van der Waals surface area contributed by atoms with Gasteiger partial charge in [-0.25, -0.2) is 4.39 Å². The second-order valence-corrected chi connectivity index (χ2v) is 9.54. The molecule has 1 fully saturated rings. The largest absolute Gasteiger partial charge is 0.460 e. The van der Waals surface area contributed by atoms with Crippen LogP contribution in [0.5, 0.6) is 0 Å². The number of hydrogen-bond acceptors (Lipinski definition) is 5. The maximum Gasteiger partial charge on any atom is 0.310 e. The third kappa shape index (κ3) is 6.46. The smallest absolute Gasteiger partial charge is 0.310 e. The number of nitrogens with one attached hydrogen (secondary N) is 1. The topological polar surface area (TPSA) is 84.7 Å². The van der Waals surface area contributed by atoms with Crippen LogP contribution in [0, 0.1) is 5.82 Å². The van der Waals surface area contributed by atoms with Crippen molar-refractivity contribution < 1.29 is 18.7 Å². The van der Waals surface area contributed by atoms with Crippen molar-refractivity contribution in [1.29, 1.82) is 0 Å². The highest BCUT2D eigenvalue weighted by molar-refractivity contribution is 6.06. The zero-order valence-electron chi connectivity index (χ0n) is 19.9. The molecule has 3 rings (SSSR count). The second kappa shape index (κ2) is 10.2. The Morgan fingerprint density at radius 1 is 1.18 bits per heavy atom. The van der Waals surface area contributed by atoms with E-state index in [0.29, 0.717) is 28.5 Å². The van der Waals surface area contributed by atoms with Gasteiger partial charge in [-0.2, -0.15) is 0 Å². The van der Waals surface area contributed by atoms with Crippen LogP contribution in [0.4, 0.5) is 21.5 Å². The van der Waals surface area contributed by atoms with Crippen LogP contribution in [0.25, 0.3) is 0 Å². The third-order valence-corrected chi connectivity index (χ3v) is 5.77. The molecule has 0 aromatic heterocycles. The number of nitrogens with two attached hydrogens (primary N) is 1. The van der Waals surface area contributed by atoms with Crippen molar-refractivity contribution in [2.75, 3.05) is 22.5 Å². The summed E-state index contributed by atoms with van der Waals surface area (Å²) in [6, 6.07) is 9.69. The molecule has 1 amide bonds. The van der Waals surface area contributed by atoms with E-state index in [9.17, 15) is 14.0 Å². The molecule has 0 saturated carbocycles. The van der Waals surface area contributed by atoms with E-state index in [1.807, 2.05) is 6.07 Å². The number of anilines is 3. The summed E-state index contributed by atoms with van der Waals surface area (Å²) in [6.45, 7) is 8.43. The number of nitrogen functional groups attached to an aromatic ring is 1. The summed E-state index contributed by atoms with van der Waals surface area (Å²) in [4.78, 5) is 27.5. The third-order valence-electron chi connectivity index (χ3n) is 5.77. The lowest BCUT2D eigenvalue weighted by Gasteiger charge is -2.37. The summed E-state index contributed by atoms with van der Waals surface area (Å²) in [5.74, 6) is -1.37. The molecule has 2 aromatic rings. The molecule has 6 nitrogen and oxygen atoms in total. The molecule has 178 valence electrons. The van der Waals surface area contributed by atoms with Gasteiger partial charge in [0.05, 0.1) is 17.8 Å². The van der Waals surface area contributed by atoms with E-state index in [2.05, 4.69) is 17.1 Å². The number of carbonyl (C=O) groups excluding carboxylic acids is 2. The molecular formula is C26H34FN3O3. The van der Waals surface area contributed by atoms with Gasteiger partial charge in [-0.3, -0.25) is 9.59 Å². The van der Waals surface area contributed by atoms with Crippen molar-refractivity contribution >= 4 is 28.9 Å². The fourth-order valence-corrected chi connectivity index (χ4v) is 4.26. The summed E-state index contributed by atoms with van der Waals surface area (Å²) >= 11 is 0. The molecule has 1 heterocycles. The molecule has 0 spiro atoms. The number of ether oxygens (including phenoxy) is 1. The first-order valence-corrected chi connectivity index (χ1v) is 11.5. The Kier molecular flexibility index (Phi) is 7.61. The van der Waals surface area contributed by atoms with Gasteiger partial charge < -0.3 is 20.7 Å². The van der Waals surface area contributed by atoms with E-state index in [4.69, 9.17) is 10.5 Å². The number of piperidine rings is 1. The first kappa shape index (κ1) is 24.6. The average Bonchev–Trinajstić information content (AvgIpc) is 2.74. The van der Waals surface area contributed by atoms with Crippen molar-refractivity contribution in [3.05, 3.63) is 53.3 Å². The molecule has 0 bridgehead atoms. The molecule has 1 unspecified atom stereocenters. The number of halogens is 1. The van der Waals surface area contributed by atoms with Crippen LogP contribution >= 0.6 is 0 Å². The monoisotopic (exact) mass is 455 g/mol. The fraction of sp³-hybridized carbons (Fsp3) is 0.462. The van der Waals surface area contributed by atoms with E-state index in [0.717, 1.165) is 31.5 Å². The van der Waals surface area contributed by atoms with Crippen molar-refractivity contribution in [2.24, 2.45) is 0 Å². The normalized spacial score (nSPS) is 16.4. The predicted molar refractivity (Wildman–Crippen MR) is 130 cm³/mol. The second-order valence-electron chi connectivity index (χ2n) is 9.54. The zero-order chi connectivity index (χ0) is 24.2. The van der Waals surface area contributed by atoms with E-state index in [-0.39, 0.29) is 12.3 Å². The van der Waals surface area contributed by atoms with Crippen molar-refractivity contribution in [3.8, 4) is 0 Å². The van der Waals surface area contributed by atoms with Gasteiger partial charge in [0.2, 0.25) is 0 Å². The number of amides is 1. The van der Waals surface area contributed by atoms with E-state index in [1.54, 1.807) is 32.9 Å². The van der Waals surface area contributed by atoms with Crippen molar-refractivity contribution in [1.82, 2.24) is 0 Å². The number of nitrogens with zero attached hydrogens (tertiary/aromatic N) is 1. The summed E-state index contributed by atoms with van der Waals surface area (Å²) in [6.07, 6.45) is 4.39. The molecule has 1 saturated heterocycles. The maximum atomic E-state index is 13.8. The van der Waals surface area contributed by atoms with Gasteiger partial charge in [0, 0.05) is 23.8 Å². The Morgan fingerprint density at radius 2 is 1.94 bits per heavy atom. The quantitative estimate of drug-likeness (QED) is 0.455. The lowest BCUT2D eigenvalue weighted by molar-refractivity contribution is -0.153. The highest BCUT2D eigenvalue weighted by Crippen LogP contribution is 2.32. The molecule has 1 aliphatic rings. The van der Waals surface area contributed by atoms with Crippen molar-refractivity contribution in [2.45, 2.75) is 71.4 Å². The van der Waals surface area contributed by atoms with E-state index >= 15 is 0 Å². The van der Waals surface area contributed by atoms with Gasteiger partial charge in [0.15, 0.2) is 0 Å². The lowest BCUT2D eigenvalue weighted by Crippen LogP contribution is -2.39. The van der Waals surface area contributed by atoms with Crippen LogP contribution in [-0.4, -0.2) is 30.1 Å². The summed E-state index contributed by atoms with van der Waals surface area (Å²) in [5.41, 5.74) is 8.29. The minimum atomic E-state index is -0.655. The zero-order valence-corrected chi connectivity index (χ0v) is 19.9. The highest BCUT2D eigenvalue weighted by atomic mass is 19.1. The molecule has 2 aromatic carbocycles. The Labute approximate surface area is 195 Å². The first-order valence-electron chi connectivity index (χ1n) is 11.5. The molecule has 3 N–H and O–H groups in total. The Morgan fingerprint density at radius 3 is 2.61 bits per heavy atom.